The number of carbonyl (C=O) groups is 2. The topological polar surface area (TPSA) is 98.8 Å². The number of amides is 2. The van der Waals surface area contributed by atoms with Gasteiger partial charge in [0, 0.05) is 32.7 Å². The minimum absolute atomic E-state index is 0.0526. The van der Waals surface area contributed by atoms with E-state index in [-0.39, 0.29) is 29.8 Å². The van der Waals surface area contributed by atoms with Gasteiger partial charge in [-0.2, -0.15) is 4.31 Å². The standard InChI is InChI=1S/C20H26N4O4S/c1-2-21-19(25)14-22-20(26)15-23-9-11-24(12-10-23)29(27,28)18-8-7-16-5-3-4-6-17(16)13-18/h3-8,13H,2,9-12,14-15H2,1H3,(H,21,25)(H,22,26). The summed E-state index contributed by atoms with van der Waals surface area (Å²) in [6.45, 7) is 3.97. The highest BCUT2D eigenvalue weighted by Crippen LogP contribution is 2.22. The molecule has 1 aliphatic rings. The minimum Gasteiger partial charge on any atom is -0.355 e. The Balaban J connectivity index is 1.55. The molecule has 0 aromatic heterocycles. The van der Waals surface area contributed by atoms with Crippen LogP contribution in [-0.4, -0.2) is 75.3 Å². The molecule has 0 aliphatic carbocycles. The van der Waals surface area contributed by atoms with E-state index in [2.05, 4.69) is 10.6 Å². The van der Waals surface area contributed by atoms with Crippen molar-refractivity contribution in [1.29, 1.82) is 0 Å². The summed E-state index contributed by atoms with van der Waals surface area (Å²) in [6.07, 6.45) is 0. The van der Waals surface area contributed by atoms with E-state index in [0.717, 1.165) is 10.8 Å². The predicted molar refractivity (Wildman–Crippen MR) is 111 cm³/mol. The predicted octanol–water partition coefficient (Wildman–Crippen LogP) is 0.398. The average Bonchev–Trinajstić information content (AvgIpc) is 2.72. The summed E-state index contributed by atoms with van der Waals surface area (Å²) in [5.41, 5.74) is 0. The van der Waals surface area contributed by atoms with E-state index in [1.165, 1.54) is 4.31 Å². The van der Waals surface area contributed by atoms with Crippen LogP contribution in [0.3, 0.4) is 0 Å². The molecule has 0 bridgehead atoms. The molecule has 29 heavy (non-hydrogen) atoms. The Hall–Kier alpha value is -2.49. The molecule has 3 rings (SSSR count). The van der Waals surface area contributed by atoms with E-state index in [4.69, 9.17) is 0 Å². The number of likely N-dealkylation sites (N-methyl/N-ethyl adjacent to an activating group) is 1. The normalized spacial score (nSPS) is 15.9. The number of nitrogens with one attached hydrogen (secondary N) is 2. The number of benzene rings is 2. The van der Waals surface area contributed by atoms with Crippen molar-refractivity contribution in [3.8, 4) is 0 Å². The first-order valence-electron chi connectivity index (χ1n) is 9.65. The molecule has 0 atom stereocenters. The smallest absolute Gasteiger partial charge is 0.243 e. The molecule has 8 nitrogen and oxygen atoms in total. The molecule has 156 valence electrons. The van der Waals surface area contributed by atoms with Crippen LogP contribution in [0.25, 0.3) is 10.8 Å². The number of carbonyl (C=O) groups excluding carboxylic acids is 2. The Bertz CT molecular complexity index is 985. The van der Waals surface area contributed by atoms with E-state index < -0.39 is 10.0 Å². The maximum atomic E-state index is 13.0. The van der Waals surface area contributed by atoms with Crippen LogP contribution < -0.4 is 10.6 Å². The van der Waals surface area contributed by atoms with Crippen LogP contribution in [0.15, 0.2) is 47.4 Å². The fourth-order valence-electron chi connectivity index (χ4n) is 3.30. The quantitative estimate of drug-likeness (QED) is 0.678. The zero-order valence-electron chi connectivity index (χ0n) is 16.4. The van der Waals surface area contributed by atoms with Crippen LogP contribution in [-0.2, 0) is 19.6 Å². The highest BCUT2D eigenvalue weighted by atomic mass is 32.2. The van der Waals surface area contributed by atoms with Gasteiger partial charge in [-0.3, -0.25) is 14.5 Å². The molecule has 2 amide bonds. The maximum absolute atomic E-state index is 13.0. The molecule has 1 heterocycles. The van der Waals surface area contributed by atoms with Crippen molar-refractivity contribution in [2.75, 3.05) is 45.8 Å². The third-order valence-corrected chi connectivity index (χ3v) is 6.77. The maximum Gasteiger partial charge on any atom is 0.243 e. The molecule has 2 aromatic carbocycles. The Morgan fingerprint density at radius 1 is 0.931 bits per heavy atom. The van der Waals surface area contributed by atoms with Crippen molar-refractivity contribution < 1.29 is 18.0 Å². The van der Waals surface area contributed by atoms with Crippen molar-refractivity contribution in [2.45, 2.75) is 11.8 Å². The van der Waals surface area contributed by atoms with Gasteiger partial charge in [0.15, 0.2) is 0 Å². The van der Waals surface area contributed by atoms with Gasteiger partial charge in [0.1, 0.15) is 0 Å². The lowest BCUT2D eigenvalue weighted by atomic mass is 10.1. The zero-order valence-corrected chi connectivity index (χ0v) is 17.2. The molecule has 0 saturated carbocycles. The van der Waals surface area contributed by atoms with Gasteiger partial charge in [-0.15, -0.1) is 0 Å². The summed E-state index contributed by atoms with van der Waals surface area (Å²) >= 11 is 0. The van der Waals surface area contributed by atoms with Gasteiger partial charge in [0.25, 0.3) is 0 Å². The number of fused-ring (bicyclic) bond motifs is 1. The number of sulfonamides is 1. The second-order valence-electron chi connectivity index (χ2n) is 6.92. The van der Waals surface area contributed by atoms with Gasteiger partial charge >= 0.3 is 0 Å². The van der Waals surface area contributed by atoms with Crippen molar-refractivity contribution in [1.82, 2.24) is 19.8 Å². The van der Waals surface area contributed by atoms with Gasteiger partial charge in [0.05, 0.1) is 18.0 Å². The number of hydrogen-bond acceptors (Lipinski definition) is 5. The molecule has 0 unspecified atom stereocenters. The highest BCUT2D eigenvalue weighted by Gasteiger charge is 2.29. The lowest BCUT2D eigenvalue weighted by molar-refractivity contribution is -0.126. The summed E-state index contributed by atoms with van der Waals surface area (Å²) in [6, 6.07) is 12.8. The van der Waals surface area contributed by atoms with E-state index in [1.54, 1.807) is 12.1 Å². The van der Waals surface area contributed by atoms with Crippen LogP contribution in [0.2, 0.25) is 0 Å². The van der Waals surface area contributed by atoms with Gasteiger partial charge in [-0.1, -0.05) is 30.3 Å². The molecule has 1 fully saturated rings. The van der Waals surface area contributed by atoms with Crippen molar-refractivity contribution in [3.05, 3.63) is 42.5 Å². The molecule has 2 aromatic rings. The Morgan fingerprint density at radius 3 is 2.31 bits per heavy atom. The monoisotopic (exact) mass is 418 g/mol. The third kappa shape index (κ3) is 5.31. The number of nitrogens with zero attached hydrogens (tertiary/aromatic N) is 2. The minimum atomic E-state index is -3.58. The number of piperazine rings is 1. The molecule has 9 heteroatoms. The summed E-state index contributed by atoms with van der Waals surface area (Å²) in [7, 11) is -3.58. The lowest BCUT2D eigenvalue weighted by Crippen LogP contribution is -2.51. The van der Waals surface area contributed by atoms with E-state index in [9.17, 15) is 18.0 Å². The van der Waals surface area contributed by atoms with Crippen molar-refractivity contribution >= 4 is 32.6 Å². The van der Waals surface area contributed by atoms with Crippen molar-refractivity contribution in [2.24, 2.45) is 0 Å². The van der Waals surface area contributed by atoms with E-state index >= 15 is 0 Å². The third-order valence-electron chi connectivity index (χ3n) is 4.88. The Labute approximate surface area is 170 Å². The summed E-state index contributed by atoms with van der Waals surface area (Å²) in [5.74, 6) is -0.478. The molecular weight excluding hydrogens is 392 g/mol. The van der Waals surface area contributed by atoms with Gasteiger partial charge in [-0.05, 0) is 29.8 Å². The fourth-order valence-corrected chi connectivity index (χ4v) is 4.76. The number of rotatable bonds is 7. The molecule has 2 N–H and O–H groups in total. The summed E-state index contributed by atoms with van der Waals surface area (Å²) < 4.78 is 27.4. The van der Waals surface area contributed by atoms with E-state index in [0.29, 0.717) is 32.7 Å². The van der Waals surface area contributed by atoms with Gasteiger partial charge in [0.2, 0.25) is 21.8 Å². The van der Waals surface area contributed by atoms with Crippen LogP contribution in [0, 0.1) is 0 Å². The fraction of sp³-hybridized carbons (Fsp3) is 0.400. The molecule has 0 spiro atoms. The largest absolute Gasteiger partial charge is 0.355 e. The second-order valence-corrected chi connectivity index (χ2v) is 8.86. The first kappa shape index (κ1) is 21.2. The van der Waals surface area contributed by atoms with Crippen LogP contribution >= 0.6 is 0 Å². The Kier molecular flexibility index (Phi) is 6.83. The average molecular weight is 419 g/mol. The highest BCUT2D eigenvalue weighted by molar-refractivity contribution is 7.89. The first-order chi connectivity index (χ1) is 13.9. The first-order valence-corrected chi connectivity index (χ1v) is 11.1. The SMILES string of the molecule is CCNC(=O)CNC(=O)CN1CCN(S(=O)(=O)c2ccc3ccccc3c2)CC1. The Morgan fingerprint density at radius 2 is 1.62 bits per heavy atom. The van der Waals surface area contributed by atoms with Crippen LogP contribution in [0.4, 0.5) is 0 Å². The summed E-state index contributed by atoms with van der Waals surface area (Å²) in [5, 5.41) is 7.07. The molecule has 0 radical (unpaired) electrons. The molecule has 1 aliphatic heterocycles. The summed E-state index contributed by atoms with van der Waals surface area (Å²) in [4.78, 5) is 25.5. The van der Waals surface area contributed by atoms with Crippen LogP contribution in [0.5, 0.6) is 0 Å². The number of hydrogen-bond donors (Lipinski definition) is 2. The van der Waals surface area contributed by atoms with Gasteiger partial charge < -0.3 is 10.6 Å². The van der Waals surface area contributed by atoms with Crippen LogP contribution in [0.1, 0.15) is 6.92 Å². The van der Waals surface area contributed by atoms with Crippen molar-refractivity contribution in [3.63, 3.8) is 0 Å². The zero-order chi connectivity index (χ0) is 20.9. The molecular formula is C20H26N4O4S. The molecule has 1 saturated heterocycles. The van der Waals surface area contributed by atoms with Gasteiger partial charge in [-0.25, -0.2) is 8.42 Å². The second kappa shape index (κ2) is 9.34. The van der Waals surface area contributed by atoms with E-state index in [1.807, 2.05) is 42.2 Å². The lowest BCUT2D eigenvalue weighted by Gasteiger charge is -2.33.